The van der Waals surface area contributed by atoms with Gasteiger partial charge in [0, 0.05) is 12.0 Å². The molecule has 5 nitrogen and oxygen atoms in total. The number of hydrogen-bond acceptors (Lipinski definition) is 5. The van der Waals surface area contributed by atoms with E-state index in [1.165, 1.54) is 0 Å². The van der Waals surface area contributed by atoms with Gasteiger partial charge in [-0.3, -0.25) is 0 Å². The van der Waals surface area contributed by atoms with Gasteiger partial charge in [-0.1, -0.05) is 5.16 Å². The van der Waals surface area contributed by atoms with E-state index in [4.69, 9.17) is 4.52 Å². The Bertz CT molecular complexity index is 553. The molecule has 5 heteroatoms. The first-order valence-corrected chi connectivity index (χ1v) is 6.28. The maximum absolute atomic E-state index is 9.74. The molecule has 1 atom stereocenters. The number of aliphatic hydroxyl groups excluding tert-OH is 1. The van der Waals surface area contributed by atoms with E-state index in [9.17, 15) is 10.2 Å². The highest BCUT2D eigenvalue weighted by atomic mass is 16.5. The van der Waals surface area contributed by atoms with Crippen LogP contribution in [0.15, 0.2) is 16.7 Å². The van der Waals surface area contributed by atoms with E-state index in [0.29, 0.717) is 30.3 Å². The quantitative estimate of drug-likeness (QED) is 0.884. The summed E-state index contributed by atoms with van der Waals surface area (Å²) in [6.07, 6.45) is 0.768. The van der Waals surface area contributed by atoms with E-state index < -0.39 is 0 Å². The molecule has 1 heterocycles. The molecule has 0 aliphatic carbocycles. The lowest BCUT2D eigenvalue weighted by atomic mass is 10.1. The first-order valence-electron chi connectivity index (χ1n) is 6.28. The second kappa shape index (κ2) is 5.40. The highest BCUT2D eigenvalue weighted by molar-refractivity contribution is 5.60. The van der Waals surface area contributed by atoms with Gasteiger partial charge >= 0.3 is 0 Å². The van der Waals surface area contributed by atoms with Crippen molar-refractivity contribution >= 4 is 0 Å². The van der Waals surface area contributed by atoms with Gasteiger partial charge in [0.05, 0.1) is 6.10 Å². The Morgan fingerprint density at radius 3 is 2.47 bits per heavy atom. The fraction of sp³-hybridized carbons (Fsp3) is 0.429. The first-order chi connectivity index (χ1) is 8.97. The van der Waals surface area contributed by atoms with Gasteiger partial charge in [0.15, 0.2) is 0 Å². The summed E-state index contributed by atoms with van der Waals surface area (Å²) in [5, 5.41) is 22.9. The maximum atomic E-state index is 9.74. The minimum atomic E-state index is -0.381. The molecule has 0 radical (unpaired) electrons. The van der Waals surface area contributed by atoms with Crippen molar-refractivity contribution in [2.45, 2.75) is 39.7 Å². The van der Waals surface area contributed by atoms with Gasteiger partial charge in [0.1, 0.15) is 5.75 Å². The standard InChI is InChI=1S/C14H18N2O3/c1-8-6-11(7-9(2)13(8)18)14-15-12(19-16-14)5-4-10(3)17/h6-7,10,17-18H,4-5H2,1-3H3. The number of phenols is 1. The number of aliphatic hydroxyl groups is 1. The van der Waals surface area contributed by atoms with Crippen LogP contribution >= 0.6 is 0 Å². The molecule has 2 aromatic rings. The summed E-state index contributed by atoms with van der Waals surface area (Å²) in [5.74, 6) is 1.31. The van der Waals surface area contributed by atoms with Gasteiger partial charge in [-0.15, -0.1) is 0 Å². The van der Waals surface area contributed by atoms with Crippen molar-refractivity contribution in [3.8, 4) is 17.1 Å². The van der Waals surface area contributed by atoms with Crippen LogP contribution < -0.4 is 0 Å². The monoisotopic (exact) mass is 262 g/mol. The average Bonchev–Trinajstić information content (AvgIpc) is 2.81. The molecule has 0 spiro atoms. The summed E-state index contributed by atoms with van der Waals surface area (Å²) in [6.45, 7) is 5.39. The van der Waals surface area contributed by atoms with Crippen LogP contribution in [-0.2, 0) is 6.42 Å². The number of aryl methyl sites for hydroxylation is 3. The minimum Gasteiger partial charge on any atom is -0.507 e. The van der Waals surface area contributed by atoms with Crippen LogP contribution in [0.4, 0.5) is 0 Å². The molecule has 0 saturated heterocycles. The molecule has 0 aliphatic rings. The number of hydrogen-bond donors (Lipinski definition) is 2. The molecule has 0 aliphatic heterocycles. The average molecular weight is 262 g/mol. The summed E-state index contributed by atoms with van der Waals surface area (Å²) in [6, 6.07) is 3.65. The van der Waals surface area contributed by atoms with Crippen LogP contribution in [0.2, 0.25) is 0 Å². The van der Waals surface area contributed by atoms with Crippen LogP contribution in [0.25, 0.3) is 11.4 Å². The Hall–Kier alpha value is -1.88. The zero-order valence-electron chi connectivity index (χ0n) is 11.3. The Morgan fingerprint density at radius 2 is 1.89 bits per heavy atom. The van der Waals surface area contributed by atoms with Crippen molar-refractivity contribution in [3.63, 3.8) is 0 Å². The molecule has 2 N–H and O–H groups in total. The molecule has 0 saturated carbocycles. The van der Waals surface area contributed by atoms with Crippen molar-refractivity contribution in [1.29, 1.82) is 0 Å². The fourth-order valence-corrected chi connectivity index (χ4v) is 1.89. The number of benzene rings is 1. The molecule has 0 amide bonds. The summed E-state index contributed by atoms with van der Waals surface area (Å²) in [7, 11) is 0. The molecule has 2 rings (SSSR count). The smallest absolute Gasteiger partial charge is 0.227 e. The van der Waals surface area contributed by atoms with Gasteiger partial charge in [-0.25, -0.2) is 0 Å². The lowest BCUT2D eigenvalue weighted by Crippen LogP contribution is -2.01. The van der Waals surface area contributed by atoms with Gasteiger partial charge in [-0.2, -0.15) is 4.98 Å². The van der Waals surface area contributed by atoms with E-state index in [1.54, 1.807) is 6.92 Å². The van der Waals surface area contributed by atoms with Crippen LogP contribution in [0.5, 0.6) is 5.75 Å². The lowest BCUT2D eigenvalue weighted by Gasteiger charge is -2.04. The van der Waals surface area contributed by atoms with Gasteiger partial charge in [0.2, 0.25) is 11.7 Å². The topological polar surface area (TPSA) is 79.4 Å². The van der Waals surface area contributed by atoms with Crippen molar-refractivity contribution in [1.82, 2.24) is 10.1 Å². The SMILES string of the molecule is Cc1cc(-c2noc(CCC(C)O)n2)cc(C)c1O. The lowest BCUT2D eigenvalue weighted by molar-refractivity contribution is 0.180. The summed E-state index contributed by atoms with van der Waals surface area (Å²) in [5.41, 5.74) is 2.38. The number of rotatable bonds is 4. The maximum Gasteiger partial charge on any atom is 0.227 e. The highest BCUT2D eigenvalue weighted by Gasteiger charge is 2.12. The van der Waals surface area contributed by atoms with E-state index in [0.717, 1.165) is 16.7 Å². The number of aromatic hydroxyl groups is 1. The third-order valence-electron chi connectivity index (χ3n) is 2.99. The summed E-state index contributed by atoms with van der Waals surface area (Å²) < 4.78 is 5.14. The molecule has 19 heavy (non-hydrogen) atoms. The second-order valence-electron chi connectivity index (χ2n) is 4.86. The summed E-state index contributed by atoms with van der Waals surface area (Å²) >= 11 is 0. The Kier molecular flexibility index (Phi) is 3.85. The van der Waals surface area contributed by atoms with Crippen molar-refractivity contribution in [2.24, 2.45) is 0 Å². The Labute approximate surface area is 111 Å². The third kappa shape index (κ3) is 3.12. The Balaban J connectivity index is 2.23. The fourth-order valence-electron chi connectivity index (χ4n) is 1.89. The molecule has 1 unspecified atom stereocenters. The van der Waals surface area contributed by atoms with Crippen molar-refractivity contribution < 1.29 is 14.7 Å². The Morgan fingerprint density at radius 1 is 1.26 bits per heavy atom. The second-order valence-corrected chi connectivity index (χ2v) is 4.86. The van der Waals surface area contributed by atoms with Crippen LogP contribution in [-0.4, -0.2) is 26.5 Å². The van der Waals surface area contributed by atoms with Gasteiger partial charge < -0.3 is 14.7 Å². The molecule has 102 valence electrons. The highest BCUT2D eigenvalue weighted by Crippen LogP contribution is 2.27. The molecule has 1 aromatic carbocycles. The predicted octanol–water partition coefficient (Wildman–Crippen LogP) is 2.37. The number of nitrogens with zero attached hydrogens (tertiary/aromatic N) is 2. The normalized spacial score (nSPS) is 12.6. The van der Waals surface area contributed by atoms with E-state index in [2.05, 4.69) is 10.1 Å². The van der Waals surface area contributed by atoms with Crippen LogP contribution in [0.3, 0.4) is 0 Å². The molecule has 0 fully saturated rings. The predicted molar refractivity (Wildman–Crippen MR) is 70.9 cm³/mol. The van der Waals surface area contributed by atoms with Crippen molar-refractivity contribution in [2.75, 3.05) is 0 Å². The molecule has 1 aromatic heterocycles. The largest absolute Gasteiger partial charge is 0.507 e. The molecular weight excluding hydrogens is 244 g/mol. The van der Waals surface area contributed by atoms with Crippen molar-refractivity contribution in [3.05, 3.63) is 29.2 Å². The van der Waals surface area contributed by atoms with E-state index >= 15 is 0 Å². The van der Waals surface area contributed by atoms with Crippen LogP contribution in [0.1, 0.15) is 30.4 Å². The van der Waals surface area contributed by atoms with Gasteiger partial charge in [0.25, 0.3) is 0 Å². The molecule has 0 bridgehead atoms. The zero-order chi connectivity index (χ0) is 14.0. The minimum absolute atomic E-state index is 0.293. The first kappa shape index (κ1) is 13.5. The number of phenolic OH excluding ortho intramolecular Hbond substituents is 1. The zero-order valence-corrected chi connectivity index (χ0v) is 11.3. The summed E-state index contributed by atoms with van der Waals surface area (Å²) in [4.78, 5) is 4.29. The van der Waals surface area contributed by atoms with Crippen LogP contribution in [0, 0.1) is 13.8 Å². The van der Waals surface area contributed by atoms with E-state index in [-0.39, 0.29) is 6.10 Å². The van der Waals surface area contributed by atoms with Gasteiger partial charge in [-0.05, 0) is 50.5 Å². The molecular formula is C14H18N2O3. The van der Waals surface area contributed by atoms with E-state index in [1.807, 2.05) is 26.0 Å². The third-order valence-corrected chi connectivity index (χ3v) is 2.99. The number of aromatic nitrogens is 2.